The van der Waals surface area contributed by atoms with E-state index in [1.54, 1.807) is 18.2 Å². The number of hydrogen-bond donors (Lipinski definition) is 4. The molecule has 116 valence electrons. The van der Waals surface area contributed by atoms with E-state index < -0.39 is 22.9 Å². The molecule has 8 nitrogen and oxygen atoms in total. The SMILES string of the molecule is O=C(Nc1c[nH]c(=O)[nH]c1=O)C(=O)c1c[nH]c2ccc(Br)cc12. The van der Waals surface area contributed by atoms with Gasteiger partial charge in [0.25, 0.3) is 17.2 Å². The molecular weight excluding hydrogens is 368 g/mol. The van der Waals surface area contributed by atoms with Gasteiger partial charge < -0.3 is 15.3 Å². The molecule has 2 heterocycles. The summed E-state index contributed by atoms with van der Waals surface area (Å²) in [6.07, 6.45) is 2.45. The van der Waals surface area contributed by atoms with Crippen LogP contribution in [0.3, 0.4) is 0 Å². The third kappa shape index (κ3) is 2.86. The maximum atomic E-state index is 12.3. The van der Waals surface area contributed by atoms with E-state index >= 15 is 0 Å². The van der Waals surface area contributed by atoms with E-state index in [-0.39, 0.29) is 11.3 Å². The smallest absolute Gasteiger partial charge is 0.325 e. The van der Waals surface area contributed by atoms with Gasteiger partial charge in [0, 0.05) is 27.8 Å². The first-order valence-corrected chi connectivity index (χ1v) is 7.19. The number of benzene rings is 1. The maximum absolute atomic E-state index is 12.3. The summed E-state index contributed by atoms with van der Waals surface area (Å²) in [5.41, 5.74) is -0.841. The third-order valence-electron chi connectivity index (χ3n) is 3.16. The lowest BCUT2D eigenvalue weighted by Crippen LogP contribution is -2.29. The number of aromatic amines is 3. The molecule has 3 aromatic rings. The number of fused-ring (bicyclic) bond motifs is 1. The molecule has 0 atom stereocenters. The highest BCUT2D eigenvalue weighted by Crippen LogP contribution is 2.23. The Bertz CT molecular complexity index is 1050. The topological polar surface area (TPSA) is 128 Å². The Morgan fingerprint density at radius 1 is 1.09 bits per heavy atom. The molecule has 0 unspecified atom stereocenters. The Labute approximate surface area is 136 Å². The molecule has 0 fully saturated rings. The number of halogens is 1. The summed E-state index contributed by atoms with van der Waals surface area (Å²) in [7, 11) is 0. The van der Waals surface area contributed by atoms with E-state index in [0.717, 1.165) is 10.7 Å². The average Bonchev–Trinajstić information content (AvgIpc) is 2.92. The zero-order chi connectivity index (χ0) is 16.6. The summed E-state index contributed by atoms with van der Waals surface area (Å²) in [6, 6.07) is 5.27. The molecule has 9 heteroatoms. The van der Waals surface area contributed by atoms with Gasteiger partial charge in [-0.1, -0.05) is 15.9 Å². The second kappa shape index (κ2) is 5.69. The normalized spacial score (nSPS) is 10.7. The van der Waals surface area contributed by atoms with Gasteiger partial charge in [0.2, 0.25) is 0 Å². The maximum Gasteiger partial charge on any atom is 0.325 e. The van der Waals surface area contributed by atoms with Crippen molar-refractivity contribution in [3.8, 4) is 0 Å². The molecule has 3 rings (SSSR count). The van der Waals surface area contributed by atoms with Crippen molar-refractivity contribution in [1.29, 1.82) is 0 Å². The predicted molar refractivity (Wildman–Crippen MR) is 86.6 cm³/mol. The molecule has 0 saturated carbocycles. The number of anilines is 1. The van der Waals surface area contributed by atoms with E-state index in [9.17, 15) is 19.2 Å². The molecule has 0 aliphatic rings. The van der Waals surface area contributed by atoms with Crippen molar-refractivity contribution in [1.82, 2.24) is 15.0 Å². The molecular formula is C14H9BrN4O4. The minimum atomic E-state index is -0.983. The second-order valence-electron chi connectivity index (χ2n) is 4.66. The molecule has 4 N–H and O–H groups in total. The van der Waals surface area contributed by atoms with Crippen molar-refractivity contribution in [3.05, 3.63) is 61.5 Å². The third-order valence-corrected chi connectivity index (χ3v) is 3.66. The van der Waals surface area contributed by atoms with E-state index in [1.165, 1.54) is 6.20 Å². The van der Waals surface area contributed by atoms with Gasteiger partial charge >= 0.3 is 5.69 Å². The molecule has 0 saturated heterocycles. The van der Waals surface area contributed by atoms with Crippen LogP contribution in [0, 0.1) is 0 Å². The summed E-state index contributed by atoms with van der Waals surface area (Å²) < 4.78 is 0.760. The summed E-state index contributed by atoms with van der Waals surface area (Å²) >= 11 is 3.30. The molecule has 0 aliphatic heterocycles. The molecule has 0 aliphatic carbocycles. The standard InChI is InChI=1S/C14H9BrN4O4/c15-6-1-2-9-7(3-6)8(4-16-9)11(20)13(22)18-10-5-17-14(23)19-12(10)21/h1-5,16H,(H,18,22)(H2,17,19,21,23). The van der Waals surface area contributed by atoms with Crippen LogP contribution >= 0.6 is 15.9 Å². The number of H-pyrrole nitrogens is 3. The molecule has 2 aromatic heterocycles. The number of carbonyl (C=O) groups excluding carboxylic acids is 2. The number of ketones is 1. The number of carbonyl (C=O) groups is 2. The van der Waals surface area contributed by atoms with Crippen LogP contribution in [-0.4, -0.2) is 26.6 Å². The Kier molecular flexibility index (Phi) is 3.70. The van der Waals surface area contributed by atoms with E-state index in [0.29, 0.717) is 10.9 Å². The number of hydrogen-bond acceptors (Lipinski definition) is 4. The molecule has 23 heavy (non-hydrogen) atoms. The lowest BCUT2D eigenvalue weighted by Gasteiger charge is -2.02. The fourth-order valence-corrected chi connectivity index (χ4v) is 2.45. The van der Waals surface area contributed by atoms with Crippen molar-refractivity contribution in [2.75, 3.05) is 5.32 Å². The second-order valence-corrected chi connectivity index (χ2v) is 5.58. The van der Waals surface area contributed by atoms with Crippen LogP contribution in [0.5, 0.6) is 0 Å². The van der Waals surface area contributed by atoms with Gasteiger partial charge in [-0.3, -0.25) is 19.4 Å². The average molecular weight is 377 g/mol. The van der Waals surface area contributed by atoms with Crippen LogP contribution in [0.1, 0.15) is 10.4 Å². The van der Waals surface area contributed by atoms with E-state index in [4.69, 9.17) is 0 Å². The predicted octanol–water partition coefficient (Wildman–Crippen LogP) is 1.13. The highest BCUT2D eigenvalue weighted by atomic mass is 79.9. The van der Waals surface area contributed by atoms with Gasteiger partial charge in [0.1, 0.15) is 5.69 Å². The first-order valence-electron chi connectivity index (χ1n) is 6.40. The van der Waals surface area contributed by atoms with Crippen LogP contribution in [-0.2, 0) is 4.79 Å². The highest BCUT2D eigenvalue weighted by Gasteiger charge is 2.21. The lowest BCUT2D eigenvalue weighted by molar-refractivity contribution is -0.112. The van der Waals surface area contributed by atoms with E-state index in [2.05, 4.69) is 31.2 Å². The summed E-state index contributed by atoms with van der Waals surface area (Å²) in [6.45, 7) is 0. The van der Waals surface area contributed by atoms with Gasteiger partial charge in [-0.15, -0.1) is 0 Å². The Balaban J connectivity index is 1.92. The number of aromatic nitrogens is 3. The van der Waals surface area contributed by atoms with Gasteiger partial charge in [-0.25, -0.2) is 4.79 Å². The number of rotatable bonds is 3. The molecule has 1 amide bonds. The Morgan fingerprint density at radius 3 is 2.61 bits per heavy atom. The van der Waals surface area contributed by atoms with E-state index in [1.807, 2.05) is 4.98 Å². The monoisotopic (exact) mass is 376 g/mol. The van der Waals surface area contributed by atoms with Crippen molar-refractivity contribution in [2.24, 2.45) is 0 Å². The minimum Gasteiger partial charge on any atom is -0.360 e. The summed E-state index contributed by atoms with van der Waals surface area (Å²) in [5.74, 6) is -1.79. The zero-order valence-corrected chi connectivity index (χ0v) is 13.0. The number of Topliss-reactive ketones (excluding diaryl/α,β-unsaturated/α-hetero) is 1. The van der Waals surface area contributed by atoms with Gasteiger partial charge in [0.15, 0.2) is 0 Å². The summed E-state index contributed by atoms with van der Waals surface area (Å²) in [4.78, 5) is 53.8. The lowest BCUT2D eigenvalue weighted by atomic mass is 10.1. The Morgan fingerprint density at radius 2 is 1.87 bits per heavy atom. The van der Waals surface area contributed by atoms with Gasteiger partial charge in [-0.2, -0.15) is 0 Å². The number of amides is 1. The fraction of sp³-hybridized carbons (Fsp3) is 0. The summed E-state index contributed by atoms with van der Waals surface area (Å²) in [5, 5.41) is 2.76. The van der Waals surface area contributed by atoms with Crippen molar-refractivity contribution in [2.45, 2.75) is 0 Å². The van der Waals surface area contributed by atoms with Crippen LogP contribution in [0.15, 0.2) is 44.7 Å². The zero-order valence-electron chi connectivity index (χ0n) is 11.4. The largest absolute Gasteiger partial charge is 0.360 e. The molecule has 0 spiro atoms. The first kappa shape index (κ1) is 15.0. The van der Waals surface area contributed by atoms with Gasteiger partial charge in [0.05, 0.1) is 5.56 Å². The van der Waals surface area contributed by atoms with Crippen LogP contribution in [0.25, 0.3) is 10.9 Å². The quantitative estimate of drug-likeness (QED) is 0.403. The molecule has 0 radical (unpaired) electrons. The molecule has 1 aromatic carbocycles. The fourth-order valence-electron chi connectivity index (χ4n) is 2.08. The molecule has 0 bridgehead atoms. The van der Waals surface area contributed by atoms with Crippen molar-refractivity contribution < 1.29 is 9.59 Å². The number of nitrogens with one attached hydrogen (secondary N) is 4. The first-order chi connectivity index (χ1) is 11.0. The van der Waals surface area contributed by atoms with Crippen molar-refractivity contribution in [3.63, 3.8) is 0 Å². The van der Waals surface area contributed by atoms with Crippen LogP contribution < -0.4 is 16.6 Å². The van der Waals surface area contributed by atoms with Crippen LogP contribution in [0.2, 0.25) is 0 Å². The Hall–Kier alpha value is -2.94. The highest BCUT2D eigenvalue weighted by molar-refractivity contribution is 9.10. The minimum absolute atomic E-state index is 0.180. The van der Waals surface area contributed by atoms with Crippen molar-refractivity contribution >= 4 is 44.2 Å². The van der Waals surface area contributed by atoms with Crippen LogP contribution in [0.4, 0.5) is 5.69 Å². The van der Waals surface area contributed by atoms with Gasteiger partial charge in [-0.05, 0) is 18.2 Å².